The van der Waals surface area contributed by atoms with Gasteiger partial charge in [-0.25, -0.2) is 4.98 Å². The molecule has 160 valence electrons. The quantitative estimate of drug-likeness (QED) is 0.718. The number of amides is 1. The summed E-state index contributed by atoms with van der Waals surface area (Å²) in [6.45, 7) is 3.52. The third-order valence-corrected chi connectivity index (χ3v) is 6.74. The molecule has 0 bridgehead atoms. The summed E-state index contributed by atoms with van der Waals surface area (Å²) >= 11 is 12.6. The van der Waals surface area contributed by atoms with Crippen LogP contribution in [0.4, 0.5) is 5.82 Å². The highest BCUT2D eigenvalue weighted by molar-refractivity contribution is 6.35. The number of hydrogen-bond donors (Lipinski definition) is 1. The molecule has 2 fully saturated rings. The average molecular weight is 448 g/mol. The number of anilines is 1. The SMILES string of the molecule is O=C(NCc1cccnc1N1CCCCC1)C1(c2ccc(Cl)cc2Cl)CCOCC1. The Bertz CT molecular complexity index is 894. The van der Waals surface area contributed by atoms with Crippen LogP contribution in [0.5, 0.6) is 0 Å². The summed E-state index contributed by atoms with van der Waals surface area (Å²) in [6, 6.07) is 9.35. The molecule has 0 atom stereocenters. The Hall–Kier alpha value is -1.82. The van der Waals surface area contributed by atoms with E-state index in [1.165, 1.54) is 19.3 Å². The topological polar surface area (TPSA) is 54.5 Å². The highest BCUT2D eigenvalue weighted by atomic mass is 35.5. The third kappa shape index (κ3) is 4.43. The van der Waals surface area contributed by atoms with E-state index < -0.39 is 5.41 Å². The van der Waals surface area contributed by atoms with E-state index in [4.69, 9.17) is 27.9 Å². The normalized spacial score (nSPS) is 18.8. The molecular weight excluding hydrogens is 421 g/mol. The van der Waals surface area contributed by atoms with Crippen molar-refractivity contribution in [2.24, 2.45) is 0 Å². The van der Waals surface area contributed by atoms with Crippen molar-refractivity contribution in [3.05, 3.63) is 57.7 Å². The predicted molar refractivity (Wildman–Crippen MR) is 120 cm³/mol. The van der Waals surface area contributed by atoms with Crippen LogP contribution in [0.25, 0.3) is 0 Å². The molecular formula is C23H27Cl2N3O2. The molecule has 4 rings (SSSR count). The minimum Gasteiger partial charge on any atom is -0.381 e. The summed E-state index contributed by atoms with van der Waals surface area (Å²) in [4.78, 5) is 20.5. The molecule has 2 aromatic rings. The smallest absolute Gasteiger partial charge is 0.231 e. The number of rotatable bonds is 5. The van der Waals surface area contributed by atoms with Crippen molar-refractivity contribution < 1.29 is 9.53 Å². The lowest BCUT2D eigenvalue weighted by Crippen LogP contribution is -2.48. The van der Waals surface area contributed by atoms with Crippen molar-refractivity contribution in [3.8, 4) is 0 Å². The molecule has 2 aliphatic rings. The zero-order chi connectivity index (χ0) is 21.0. The molecule has 3 heterocycles. The predicted octanol–water partition coefficient (Wildman–Crippen LogP) is 4.74. The van der Waals surface area contributed by atoms with Crippen molar-refractivity contribution in [3.63, 3.8) is 0 Å². The summed E-state index contributed by atoms with van der Waals surface area (Å²) in [7, 11) is 0. The lowest BCUT2D eigenvalue weighted by molar-refractivity contribution is -0.130. The molecule has 7 heteroatoms. The third-order valence-electron chi connectivity index (χ3n) is 6.19. The van der Waals surface area contributed by atoms with Crippen LogP contribution in [-0.4, -0.2) is 37.2 Å². The number of pyridine rings is 1. The number of hydrogen-bond acceptors (Lipinski definition) is 4. The van der Waals surface area contributed by atoms with Crippen molar-refractivity contribution >= 4 is 34.9 Å². The zero-order valence-corrected chi connectivity index (χ0v) is 18.5. The molecule has 0 spiro atoms. The van der Waals surface area contributed by atoms with Gasteiger partial charge in [0, 0.05) is 54.7 Å². The highest BCUT2D eigenvalue weighted by Crippen LogP contribution is 2.40. The van der Waals surface area contributed by atoms with Crippen molar-refractivity contribution in [1.29, 1.82) is 0 Å². The van der Waals surface area contributed by atoms with Gasteiger partial charge in [0.05, 0.1) is 5.41 Å². The molecule has 1 N–H and O–H groups in total. The highest BCUT2D eigenvalue weighted by Gasteiger charge is 2.43. The molecule has 1 amide bonds. The first-order chi connectivity index (χ1) is 14.6. The Morgan fingerprint density at radius 1 is 1.13 bits per heavy atom. The lowest BCUT2D eigenvalue weighted by Gasteiger charge is -2.37. The fraction of sp³-hybridized carbons (Fsp3) is 0.478. The fourth-order valence-corrected chi connectivity index (χ4v) is 5.11. The number of nitrogens with zero attached hydrogens (tertiary/aromatic N) is 2. The number of piperidine rings is 1. The maximum atomic E-state index is 13.5. The lowest BCUT2D eigenvalue weighted by atomic mass is 9.73. The van der Waals surface area contributed by atoms with Crippen molar-refractivity contribution in [2.45, 2.75) is 44.1 Å². The number of benzene rings is 1. The molecule has 1 aromatic heterocycles. The van der Waals surface area contributed by atoms with Gasteiger partial charge < -0.3 is 15.0 Å². The number of aromatic nitrogens is 1. The monoisotopic (exact) mass is 447 g/mol. The fourth-order valence-electron chi connectivity index (χ4n) is 4.52. The van der Waals surface area contributed by atoms with Crippen LogP contribution < -0.4 is 10.2 Å². The minimum absolute atomic E-state index is 0.0246. The molecule has 5 nitrogen and oxygen atoms in total. The molecule has 2 aliphatic heterocycles. The van der Waals surface area contributed by atoms with E-state index in [1.54, 1.807) is 12.1 Å². The van der Waals surface area contributed by atoms with Gasteiger partial charge in [0.1, 0.15) is 5.82 Å². The number of carbonyl (C=O) groups is 1. The molecule has 0 radical (unpaired) electrons. The second kappa shape index (κ2) is 9.54. The maximum Gasteiger partial charge on any atom is 0.231 e. The Balaban J connectivity index is 1.56. The van der Waals surface area contributed by atoms with Crippen LogP contribution >= 0.6 is 23.2 Å². The Kier molecular flexibility index (Phi) is 6.81. The largest absolute Gasteiger partial charge is 0.381 e. The van der Waals surface area contributed by atoms with Crippen molar-refractivity contribution in [1.82, 2.24) is 10.3 Å². The molecule has 2 saturated heterocycles. The van der Waals surface area contributed by atoms with Gasteiger partial charge >= 0.3 is 0 Å². The number of halogens is 2. The van der Waals surface area contributed by atoms with Crippen LogP contribution in [0.1, 0.15) is 43.2 Å². The van der Waals surface area contributed by atoms with Crippen LogP contribution in [0, 0.1) is 0 Å². The van der Waals surface area contributed by atoms with E-state index >= 15 is 0 Å². The van der Waals surface area contributed by atoms with Crippen molar-refractivity contribution in [2.75, 3.05) is 31.2 Å². The molecule has 1 aromatic carbocycles. The van der Waals surface area contributed by atoms with Crippen LogP contribution in [0.2, 0.25) is 10.0 Å². The van der Waals surface area contributed by atoms with Gasteiger partial charge in [-0.2, -0.15) is 0 Å². The standard InChI is InChI=1S/C23H27Cl2N3O2/c24-18-6-7-19(20(25)15-18)23(8-13-30-14-9-23)22(29)27-16-17-5-4-10-26-21(17)28-11-2-1-3-12-28/h4-7,10,15H,1-3,8-9,11-14,16H2,(H,27,29). The van der Waals surface area contributed by atoms with E-state index in [-0.39, 0.29) is 5.91 Å². The Morgan fingerprint density at radius 2 is 1.90 bits per heavy atom. The molecule has 0 unspecified atom stereocenters. The second-order valence-corrected chi connectivity index (χ2v) is 8.88. The first-order valence-electron chi connectivity index (χ1n) is 10.6. The maximum absolute atomic E-state index is 13.5. The van der Waals surface area contributed by atoms with Crippen LogP contribution in [0.3, 0.4) is 0 Å². The first kappa shape index (κ1) is 21.4. The summed E-state index contributed by atoms with van der Waals surface area (Å²) in [5, 5.41) is 4.26. The average Bonchev–Trinajstić information content (AvgIpc) is 2.78. The molecule has 0 aliphatic carbocycles. The summed E-state index contributed by atoms with van der Waals surface area (Å²) in [5.41, 5.74) is 1.14. The molecule has 0 saturated carbocycles. The number of carbonyl (C=O) groups excluding carboxylic acids is 1. The van der Waals surface area contributed by atoms with Gasteiger partial charge in [0.25, 0.3) is 0 Å². The van der Waals surface area contributed by atoms with Gasteiger partial charge in [-0.15, -0.1) is 0 Å². The van der Waals surface area contributed by atoms with E-state index in [0.717, 1.165) is 30.0 Å². The summed E-state index contributed by atoms with van der Waals surface area (Å²) in [5.74, 6) is 0.950. The van der Waals surface area contributed by atoms with Crippen LogP contribution in [0.15, 0.2) is 36.5 Å². The van der Waals surface area contributed by atoms with E-state index in [1.807, 2.05) is 24.4 Å². The van der Waals surface area contributed by atoms with Gasteiger partial charge in [-0.1, -0.05) is 35.3 Å². The van der Waals surface area contributed by atoms with Gasteiger partial charge in [0.15, 0.2) is 0 Å². The second-order valence-electron chi connectivity index (χ2n) is 8.04. The van der Waals surface area contributed by atoms with Gasteiger partial charge in [-0.3, -0.25) is 4.79 Å². The van der Waals surface area contributed by atoms with E-state index in [2.05, 4.69) is 15.2 Å². The number of nitrogens with one attached hydrogen (secondary N) is 1. The van der Waals surface area contributed by atoms with E-state index in [0.29, 0.717) is 42.6 Å². The minimum atomic E-state index is -0.715. The Labute approximate surface area is 187 Å². The Morgan fingerprint density at radius 3 is 2.63 bits per heavy atom. The van der Waals surface area contributed by atoms with Gasteiger partial charge in [-0.05, 0) is 55.9 Å². The number of ether oxygens (including phenoxy) is 1. The summed E-state index contributed by atoms with van der Waals surface area (Å²) < 4.78 is 5.56. The first-order valence-corrected chi connectivity index (χ1v) is 11.4. The van der Waals surface area contributed by atoms with E-state index in [9.17, 15) is 4.79 Å². The zero-order valence-electron chi connectivity index (χ0n) is 17.0. The summed E-state index contributed by atoms with van der Waals surface area (Å²) in [6.07, 6.45) is 6.63. The van der Waals surface area contributed by atoms with Gasteiger partial charge in [0.2, 0.25) is 5.91 Å². The molecule has 30 heavy (non-hydrogen) atoms. The van der Waals surface area contributed by atoms with Crippen LogP contribution in [-0.2, 0) is 21.5 Å².